The van der Waals surface area contributed by atoms with Gasteiger partial charge in [0, 0.05) is 18.0 Å². The second kappa shape index (κ2) is 4.98. The highest BCUT2D eigenvalue weighted by atomic mass is 35.5. The zero-order chi connectivity index (χ0) is 13.3. The van der Waals surface area contributed by atoms with Gasteiger partial charge in [0.1, 0.15) is 0 Å². The molecule has 1 saturated heterocycles. The molecular weight excluding hydrogens is 252 g/mol. The number of rotatable bonds is 1. The summed E-state index contributed by atoms with van der Waals surface area (Å²) in [5, 5.41) is 3.28. The Bertz CT molecular complexity index is 502. The van der Waals surface area contributed by atoms with E-state index in [9.17, 15) is 9.59 Å². The summed E-state index contributed by atoms with van der Waals surface area (Å²) < 4.78 is 0. The van der Waals surface area contributed by atoms with Crippen LogP contribution in [0.15, 0.2) is 18.2 Å². The van der Waals surface area contributed by atoms with Gasteiger partial charge in [-0.15, -0.1) is 0 Å². The summed E-state index contributed by atoms with van der Waals surface area (Å²) in [4.78, 5) is 25.1. The zero-order valence-corrected chi connectivity index (χ0v) is 11.1. The third kappa shape index (κ3) is 2.48. The van der Waals surface area contributed by atoms with Crippen molar-refractivity contribution in [1.82, 2.24) is 5.32 Å². The molecule has 0 aromatic heterocycles. The molecule has 1 aromatic rings. The molecule has 0 radical (unpaired) electrons. The summed E-state index contributed by atoms with van der Waals surface area (Å²) in [5.41, 5.74) is 1.43. The van der Waals surface area contributed by atoms with Crippen LogP contribution in [0.2, 0.25) is 5.02 Å². The van der Waals surface area contributed by atoms with Gasteiger partial charge in [-0.25, -0.2) is 9.69 Å². The van der Waals surface area contributed by atoms with Gasteiger partial charge in [0.15, 0.2) is 0 Å². The molecule has 1 heterocycles. The maximum absolute atomic E-state index is 12.1. The molecule has 0 aliphatic carbocycles. The first-order valence-corrected chi connectivity index (χ1v) is 6.24. The Balaban J connectivity index is 2.37. The minimum atomic E-state index is -0.385. The van der Waals surface area contributed by atoms with E-state index in [0.717, 1.165) is 10.5 Å². The molecular formula is C13H15ClN2O2. The number of amides is 3. The smallest absolute Gasteiger partial charge is 0.328 e. The highest BCUT2D eigenvalue weighted by molar-refractivity contribution is 6.32. The van der Waals surface area contributed by atoms with Gasteiger partial charge < -0.3 is 5.32 Å². The third-order valence-corrected chi connectivity index (χ3v) is 3.40. The molecule has 1 fully saturated rings. The number of urea groups is 1. The lowest BCUT2D eigenvalue weighted by atomic mass is 10.1. The number of aryl methyl sites for hydroxylation is 1. The second-order valence-electron chi connectivity index (χ2n) is 4.66. The molecule has 18 heavy (non-hydrogen) atoms. The number of anilines is 1. The summed E-state index contributed by atoms with van der Waals surface area (Å²) in [6.45, 7) is 4.32. The Morgan fingerprint density at radius 1 is 1.39 bits per heavy atom. The minimum absolute atomic E-state index is 0.146. The second-order valence-corrected chi connectivity index (χ2v) is 5.07. The van der Waals surface area contributed by atoms with Crippen LogP contribution in [-0.2, 0) is 4.79 Å². The maximum Gasteiger partial charge on any atom is 0.328 e. The van der Waals surface area contributed by atoms with Crippen LogP contribution in [0.1, 0.15) is 18.9 Å². The Labute approximate surface area is 111 Å². The average Bonchev–Trinajstić information content (AvgIpc) is 2.42. The van der Waals surface area contributed by atoms with Gasteiger partial charge in [0.2, 0.25) is 5.91 Å². The molecule has 1 atom stereocenters. The molecule has 96 valence electrons. The lowest BCUT2D eigenvalue weighted by Gasteiger charge is -2.19. The number of carbonyl (C=O) groups excluding carboxylic acids is 2. The van der Waals surface area contributed by atoms with E-state index in [4.69, 9.17) is 11.6 Å². The van der Waals surface area contributed by atoms with Crippen LogP contribution in [0.3, 0.4) is 0 Å². The number of halogens is 1. The van der Waals surface area contributed by atoms with Gasteiger partial charge in [-0.05, 0) is 30.5 Å². The van der Waals surface area contributed by atoms with Crippen molar-refractivity contribution in [2.45, 2.75) is 20.3 Å². The van der Waals surface area contributed by atoms with Crippen molar-refractivity contribution in [3.63, 3.8) is 0 Å². The van der Waals surface area contributed by atoms with E-state index in [1.807, 2.05) is 13.8 Å². The topological polar surface area (TPSA) is 49.4 Å². The fraction of sp³-hybridized carbons (Fsp3) is 0.385. The number of nitrogens with one attached hydrogen (secondary N) is 1. The normalized spacial score (nSPS) is 20.6. The molecule has 1 aliphatic rings. The van der Waals surface area contributed by atoms with Crippen molar-refractivity contribution in [3.05, 3.63) is 28.8 Å². The highest BCUT2D eigenvalue weighted by Gasteiger charge is 2.28. The van der Waals surface area contributed by atoms with Gasteiger partial charge >= 0.3 is 6.03 Å². The van der Waals surface area contributed by atoms with Gasteiger partial charge in [-0.1, -0.05) is 24.6 Å². The van der Waals surface area contributed by atoms with Crippen molar-refractivity contribution in [1.29, 1.82) is 0 Å². The number of carbonyl (C=O) groups is 2. The Morgan fingerprint density at radius 2 is 2.11 bits per heavy atom. The summed E-state index contributed by atoms with van der Waals surface area (Å²) in [6, 6.07) is 4.79. The van der Waals surface area contributed by atoms with Crippen molar-refractivity contribution < 1.29 is 9.59 Å². The Morgan fingerprint density at radius 3 is 2.78 bits per heavy atom. The van der Waals surface area contributed by atoms with Crippen molar-refractivity contribution >= 4 is 29.2 Å². The minimum Gasteiger partial charge on any atom is -0.337 e. The molecule has 0 bridgehead atoms. The molecule has 5 heteroatoms. The van der Waals surface area contributed by atoms with Crippen molar-refractivity contribution in [3.8, 4) is 0 Å². The predicted octanol–water partition coefficient (Wildman–Crippen LogP) is 2.73. The molecule has 2 rings (SSSR count). The fourth-order valence-electron chi connectivity index (χ4n) is 1.90. The van der Waals surface area contributed by atoms with Crippen molar-refractivity contribution in [2.75, 3.05) is 11.4 Å². The quantitative estimate of drug-likeness (QED) is 0.850. The molecule has 4 nitrogen and oxygen atoms in total. The van der Waals surface area contributed by atoms with Crippen LogP contribution < -0.4 is 10.2 Å². The summed E-state index contributed by atoms with van der Waals surface area (Å²) in [5.74, 6) is -0.0511. The molecule has 1 aliphatic heterocycles. The zero-order valence-electron chi connectivity index (χ0n) is 10.4. The number of hydrogen-bond acceptors (Lipinski definition) is 2. The first-order chi connectivity index (χ1) is 8.49. The average molecular weight is 267 g/mol. The lowest BCUT2D eigenvalue weighted by molar-refractivity contribution is -0.118. The van der Waals surface area contributed by atoms with Crippen molar-refractivity contribution in [2.24, 2.45) is 5.92 Å². The molecule has 1 N–H and O–H groups in total. The van der Waals surface area contributed by atoms with E-state index in [0.29, 0.717) is 23.7 Å². The van der Waals surface area contributed by atoms with Crippen LogP contribution in [-0.4, -0.2) is 18.5 Å². The Hall–Kier alpha value is -1.55. The lowest BCUT2D eigenvalue weighted by Crippen LogP contribution is -2.41. The maximum atomic E-state index is 12.1. The molecule has 0 spiro atoms. The van der Waals surface area contributed by atoms with Crippen LogP contribution in [0.4, 0.5) is 10.5 Å². The summed E-state index contributed by atoms with van der Waals surface area (Å²) in [7, 11) is 0. The molecule has 1 unspecified atom stereocenters. The van der Waals surface area contributed by atoms with E-state index >= 15 is 0 Å². The number of nitrogens with zero attached hydrogens (tertiary/aromatic N) is 1. The number of benzene rings is 1. The van der Waals surface area contributed by atoms with Gasteiger partial charge in [0.05, 0.1) is 5.69 Å². The monoisotopic (exact) mass is 266 g/mol. The van der Waals surface area contributed by atoms with Crippen LogP contribution >= 0.6 is 11.6 Å². The highest BCUT2D eigenvalue weighted by Crippen LogP contribution is 2.25. The largest absolute Gasteiger partial charge is 0.337 e. The first-order valence-electron chi connectivity index (χ1n) is 5.86. The van der Waals surface area contributed by atoms with E-state index in [1.165, 1.54) is 0 Å². The SMILES string of the molecule is Cc1ccc(N2C(=O)CC(C)CNC2=O)cc1Cl. The van der Waals surface area contributed by atoms with Crippen LogP contribution in [0.5, 0.6) is 0 Å². The van der Waals surface area contributed by atoms with E-state index in [-0.39, 0.29) is 17.9 Å². The summed E-state index contributed by atoms with van der Waals surface area (Å²) in [6.07, 6.45) is 0.351. The third-order valence-electron chi connectivity index (χ3n) is 2.99. The first kappa shape index (κ1) is 12.9. The van der Waals surface area contributed by atoms with Gasteiger partial charge in [-0.3, -0.25) is 4.79 Å². The fourth-order valence-corrected chi connectivity index (χ4v) is 2.07. The van der Waals surface area contributed by atoms with Gasteiger partial charge in [0.25, 0.3) is 0 Å². The van der Waals surface area contributed by atoms with E-state index in [2.05, 4.69) is 5.32 Å². The van der Waals surface area contributed by atoms with Gasteiger partial charge in [-0.2, -0.15) is 0 Å². The molecule has 3 amide bonds. The predicted molar refractivity (Wildman–Crippen MR) is 70.9 cm³/mol. The number of imide groups is 1. The molecule has 1 aromatic carbocycles. The van der Waals surface area contributed by atoms with E-state index < -0.39 is 0 Å². The number of hydrogen-bond donors (Lipinski definition) is 1. The molecule has 0 saturated carbocycles. The Kier molecular flexibility index (Phi) is 3.57. The summed E-state index contributed by atoms with van der Waals surface area (Å²) >= 11 is 6.03. The standard InChI is InChI=1S/C13H15ClN2O2/c1-8-5-12(17)16(13(18)15-7-8)10-4-3-9(2)11(14)6-10/h3-4,6,8H,5,7H2,1-2H3,(H,15,18). The van der Waals surface area contributed by atoms with Crippen LogP contribution in [0.25, 0.3) is 0 Å². The van der Waals surface area contributed by atoms with E-state index in [1.54, 1.807) is 18.2 Å². The van der Waals surface area contributed by atoms with Crippen LogP contribution in [0, 0.1) is 12.8 Å².